The molecular formula is C17H27NO4. The fourth-order valence-electron chi connectivity index (χ4n) is 3.87. The molecule has 2 fully saturated rings. The van der Waals surface area contributed by atoms with Gasteiger partial charge in [0, 0.05) is 25.6 Å². The molecule has 1 atom stereocenters. The molecule has 2 N–H and O–H groups in total. The smallest absolute Gasteiger partial charge is 0.311 e. The van der Waals surface area contributed by atoms with Gasteiger partial charge in [0.15, 0.2) is 0 Å². The highest BCUT2D eigenvalue weighted by atomic mass is 16.4. The first-order valence-corrected chi connectivity index (χ1v) is 8.26. The molecular weight excluding hydrogens is 282 g/mol. The Kier molecular flexibility index (Phi) is 5.62. The third kappa shape index (κ3) is 3.51. The monoisotopic (exact) mass is 309 g/mol. The molecule has 124 valence electrons. The Balaban J connectivity index is 2.01. The fraction of sp³-hybridized carbons (Fsp3) is 0.765. The van der Waals surface area contributed by atoms with Gasteiger partial charge in [-0.1, -0.05) is 6.08 Å². The van der Waals surface area contributed by atoms with Crippen LogP contribution in [0.2, 0.25) is 0 Å². The van der Waals surface area contributed by atoms with Crippen molar-refractivity contribution >= 4 is 11.9 Å². The standard InChI is InChI=1S/C17H27NO4/c1-2-8-17(16(21)22)9-3-10-18(12-17)15(20)14-6-4-13(11-19)5-7-14/h2,13-14,19H,1,3-12H2,(H,21,22). The third-order valence-corrected chi connectivity index (χ3v) is 5.33. The van der Waals surface area contributed by atoms with Crippen molar-refractivity contribution in [3.63, 3.8) is 0 Å². The Morgan fingerprint density at radius 1 is 1.27 bits per heavy atom. The molecule has 1 saturated carbocycles. The average molecular weight is 309 g/mol. The molecule has 1 heterocycles. The van der Waals surface area contributed by atoms with Crippen molar-refractivity contribution in [3.05, 3.63) is 12.7 Å². The number of carboxylic acids is 1. The van der Waals surface area contributed by atoms with Crippen LogP contribution in [0.25, 0.3) is 0 Å². The number of piperidine rings is 1. The number of nitrogens with zero attached hydrogens (tertiary/aromatic N) is 1. The van der Waals surface area contributed by atoms with Crippen molar-refractivity contribution in [3.8, 4) is 0 Å². The van der Waals surface area contributed by atoms with E-state index >= 15 is 0 Å². The zero-order valence-corrected chi connectivity index (χ0v) is 13.2. The highest BCUT2D eigenvalue weighted by molar-refractivity contribution is 5.81. The van der Waals surface area contributed by atoms with Crippen LogP contribution in [0, 0.1) is 17.3 Å². The highest BCUT2D eigenvalue weighted by Crippen LogP contribution is 2.36. The van der Waals surface area contributed by atoms with Gasteiger partial charge in [0.05, 0.1) is 5.41 Å². The Bertz CT molecular complexity index is 428. The lowest BCUT2D eigenvalue weighted by Gasteiger charge is -2.41. The summed E-state index contributed by atoms with van der Waals surface area (Å²) in [5, 5.41) is 18.8. The molecule has 0 aromatic heterocycles. The Morgan fingerprint density at radius 3 is 2.50 bits per heavy atom. The largest absolute Gasteiger partial charge is 0.481 e. The number of aliphatic hydroxyl groups is 1. The van der Waals surface area contributed by atoms with Gasteiger partial charge in [0.25, 0.3) is 0 Å². The van der Waals surface area contributed by atoms with Gasteiger partial charge < -0.3 is 15.1 Å². The van der Waals surface area contributed by atoms with Gasteiger partial charge in [-0.3, -0.25) is 9.59 Å². The predicted octanol–water partition coefficient (Wildman–Crippen LogP) is 2.05. The topological polar surface area (TPSA) is 77.8 Å². The van der Waals surface area contributed by atoms with Crippen molar-refractivity contribution < 1.29 is 19.8 Å². The molecule has 0 bridgehead atoms. The number of aliphatic hydroxyl groups excluding tert-OH is 1. The van der Waals surface area contributed by atoms with E-state index in [2.05, 4.69) is 6.58 Å². The van der Waals surface area contributed by atoms with Crippen LogP contribution < -0.4 is 0 Å². The number of carbonyl (C=O) groups is 2. The van der Waals surface area contributed by atoms with E-state index in [1.54, 1.807) is 11.0 Å². The van der Waals surface area contributed by atoms with Gasteiger partial charge in [-0.25, -0.2) is 0 Å². The van der Waals surface area contributed by atoms with Crippen LogP contribution in [0.5, 0.6) is 0 Å². The van der Waals surface area contributed by atoms with Gasteiger partial charge >= 0.3 is 5.97 Å². The number of amides is 1. The third-order valence-electron chi connectivity index (χ3n) is 5.33. The lowest BCUT2D eigenvalue weighted by molar-refractivity contribution is -0.156. The fourth-order valence-corrected chi connectivity index (χ4v) is 3.87. The summed E-state index contributed by atoms with van der Waals surface area (Å²) in [5.41, 5.74) is -0.863. The van der Waals surface area contributed by atoms with E-state index in [-0.39, 0.29) is 18.4 Å². The van der Waals surface area contributed by atoms with Crippen LogP contribution in [0.1, 0.15) is 44.9 Å². The normalized spacial score (nSPS) is 32.5. The van der Waals surface area contributed by atoms with Gasteiger partial charge in [0.2, 0.25) is 5.91 Å². The summed E-state index contributed by atoms with van der Waals surface area (Å²) in [7, 11) is 0. The van der Waals surface area contributed by atoms with E-state index in [0.717, 1.165) is 32.1 Å². The van der Waals surface area contributed by atoms with Crippen LogP contribution in [0.4, 0.5) is 0 Å². The highest BCUT2D eigenvalue weighted by Gasteiger charge is 2.43. The van der Waals surface area contributed by atoms with Crippen LogP contribution in [-0.2, 0) is 9.59 Å². The molecule has 0 spiro atoms. The second-order valence-corrected chi connectivity index (χ2v) is 6.84. The predicted molar refractivity (Wildman–Crippen MR) is 83.2 cm³/mol. The summed E-state index contributed by atoms with van der Waals surface area (Å²) in [5.74, 6) is -0.403. The van der Waals surface area contributed by atoms with Crippen molar-refractivity contribution in [2.45, 2.75) is 44.9 Å². The molecule has 1 saturated heterocycles. The number of likely N-dealkylation sites (tertiary alicyclic amines) is 1. The van der Waals surface area contributed by atoms with Crippen LogP contribution in [-0.4, -0.2) is 46.7 Å². The summed E-state index contributed by atoms with van der Waals surface area (Å²) in [6.45, 7) is 4.83. The molecule has 0 aromatic carbocycles. The lowest BCUT2D eigenvalue weighted by Crippen LogP contribution is -2.51. The second-order valence-electron chi connectivity index (χ2n) is 6.84. The van der Waals surface area contributed by atoms with E-state index in [1.165, 1.54) is 0 Å². The molecule has 1 unspecified atom stereocenters. The Hall–Kier alpha value is -1.36. The molecule has 22 heavy (non-hydrogen) atoms. The van der Waals surface area contributed by atoms with Crippen LogP contribution >= 0.6 is 0 Å². The maximum atomic E-state index is 12.7. The van der Waals surface area contributed by atoms with Gasteiger partial charge in [-0.05, 0) is 50.9 Å². The number of carboxylic acid groups (broad SMARTS) is 1. The molecule has 1 aliphatic heterocycles. The first kappa shape index (κ1) is 17.0. The number of rotatable bonds is 5. The minimum atomic E-state index is -0.863. The van der Waals surface area contributed by atoms with Crippen LogP contribution in [0.15, 0.2) is 12.7 Å². The molecule has 2 rings (SSSR count). The molecule has 1 amide bonds. The van der Waals surface area contributed by atoms with Crippen molar-refractivity contribution in [2.24, 2.45) is 17.3 Å². The Labute approximate surface area is 132 Å². The van der Waals surface area contributed by atoms with Gasteiger partial charge in [-0.2, -0.15) is 0 Å². The summed E-state index contributed by atoms with van der Waals surface area (Å²) >= 11 is 0. The SMILES string of the molecule is C=CCC1(C(=O)O)CCCN(C(=O)C2CCC(CO)CC2)C1. The van der Waals surface area contributed by atoms with E-state index in [0.29, 0.717) is 31.8 Å². The summed E-state index contributed by atoms with van der Waals surface area (Å²) < 4.78 is 0. The number of carbonyl (C=O) groups excluding carboxylic acids is 1. The molecule has 0 aromatic rings. The van der Waals surface area contributed by atoms with E-state index < -0.39 is 11.4 Å². The minimum Gasteiger partial charge on any atom is -0.481 e. The summed E-state index contributed by atoms with van der Waals surface area (Å²) in [6.07, 6.45) is 6.78. The van der Waals surface area contributed by atoms with Gasteiger partial charge in [-0.15, -0.1) is 6.58 Å². The summed E-state index contributed by atoms with van der Waals surface area (Å²) in [4.78, 5) is 26.1. The molecule has 5 nitrogen and oxygen atoms in total. The number of hydrogen-bond acceptors (Lipinski definition) is 3. The number of allylic oxidation sites excluding steroid dienone is 1. The quantitative estimate of drug-likeness (QED) is 0.762. The molecule has 0 radical (unpaired) electrons. The average Bonchev–Trinajstić information content (AvgIpc) is 2.54. The molecule has 1 aliphatic carbocycles. The van der Waals surface area contributed by atoms with Crippen molar-refractivity contribution in [2.75, 3.05) is 19.7 Å². The maximum Gasteiger partial charge on any atom is 0.311 e. The second kappa shape index (κ2) is 7.27. The van der Waals surface area contributed by atoms with Crippen molar-refractivity contribution in [1.29, 1.82) is 0 Å². The van der Waals surface area contributed by atoms with Crippen LogP contribution in [0.3, 0.4) is 0 Å². The minimum absolute atomic E-state index is 0.00359. The van der Waals surface area contributed by atoms with E-state index in [9.17, 15) is 19.8 Å². The first-order chi connectivity index (χ1) is 10.5. The molecule has 5 heteroatoms. The Morgan fingerprint density at radius 2 is 1.95 bits per heavy atom. The molecule has 2 aliphatic rings. The van der Waals surface area contributed by atoms with E-state index in [4.69, 9.17) is 0 Å². The van der Waals surface area contributed by atoms with E-state index in [1.807, 2.05) is 0 Å². The zero-order valence-electron chi connectivity index (χ0n) is 13.2. The number of aliphatic carboxylic acids is 1. The van der Waals surface area contributed by atoms with Gasteiger partial charge in [0.1, 0.15) is 0 Å². The maximum absolute atomic E-state index is 12.7. The number of hydrogen-bond donors (Lipinski definition) is 2. The lowest BCUT2D eigenvalue weighted by atomic mass is 9.76. The van der Waals surface area contributed by atoms with Crippen molar-refractivity contribution in [1.82, 2.24) is 4.90 Å². The summed E-state index contributed by atoms with van der Waals surface area (Å²) in [6, 6.07) is 0. The first-order valence-electron chi connectivity index (χ1n) is 8.26. The zero-order chi connectivity index (χ0) is 16.2.